The van der Waals surface area contributed by atoms with Crippen LogP contribution in [0.15, 0.2) is 97.3 Å². The molecular formula is C32H35N3. The lowest BCUT2D eigenvalue weighted by atomic mass is 9.98. The van der Waals surface area contributed by atoms with Gasteiger partial charge in [-0.1, -0.05) is 90.5 Å². The Labute approximate surface area is 209 Å². The minimum absolute atomic E-state index is 0.204. The van der Waals surface area contributed by atoms with Gasteiger partial charge in [-0.15, -0.1) is 0 Å². The summed E-state index contributed by atoms with van der Waals surface area (Å²) in [5.41, 5.74) is 7.96. The smallest absolute Gasteiger partial charge is 0.0942 e. The predicted molar refractivity (Wildman–Crippen MR) is 149 cm³/mol. The molecule has 2 atom stereocenters. The van der Waals surface area contributed by atoms with Crippen molar-refractivity contribution in [1.29, 1.82) is 0 Å². The molecule has 0 bridgehead atoms. The van der Waals surface area contributed by atoms with Gasteiger partial charge in [0.1, 0.15) is 0 Å². The molecule has 0 aliphatic carbocycles. The maximum atomic E-state index is 3.96. The molecule has 5 rings (SSSR count). The second-order valence-corrected chi connectivity index (χ2v) is 9.85. The monoisotopic (exact) mass is 461 g/mol. The Kier molecular flexibility index (Phi) is 6.61. The zero-order valence-electron chi connectivity index (χ0n) is 21.2. The highest BCUT2D eigenvalue weighted by Crippen LogP contribution is 2.31. The summed E-state index contributed by atoms with van der Waals surface area (Å²) in [7, 11) is 0. The largest absolute Gasteiger partial charge is 0.356 e. The molecule has 0 saturated heterocycles. The van der Waals surface area contributed by atoms with Crippen molar-refractivity contribution in [3.8, 4) is 0 Å². The first-order chi connectivity index (χ1) is 17.0. The van der Waals surface area contributed by atoms with Gasteiger partial charge in [0.15, 0.2) is 0 Å². The van der Waals surface area contributed by atoms with Crippen molar-refractivity contribution in [2.24, 2.45) is 0 Å². The van der Waals surface area contributed by atoms with Crippen LogP contribution in [-0.4, -0.2) is 18.1 Å². The van der Waals surface area contributed by atoms with E-state index in [1.165, 1.54) is 44.3 Å². The summed E-state index contributed by atoms with van der Waals surface area (Å²) in [6, 6.07) is 31.1. The summed E-state index contributed by atoms with van der Waals surface area (Å²) in [4.78, 5) is 4.79. The number of fused-ring (bicyclic) bond motifs is 1. The molecule has 178 valence electrons. The maximum absolute atomic E-state index is 3.96. The molecule has 3 nitrogen and oxygen atoms in total. The van der Waals surface area contributed by atoms with Gasteiger partial charge < -0.3 is 15.1 Å². The molecule has 0 aromatic heterocycles. The van der Waals surface area contributed by atoms with E-state index < -0.39 is 0 Å². The van der Waals surface area contributed by atoms with Crippen LogP contribution in [0.5, 0.6) is 0 Å². The lowest BCUT2D eigenvalue weighted by Gasteiger charge is -2.30. The van der Waals surface area contributed by atoms with E-state index in [2.05, 4.69) is 140 Å². The van der Waals surface area contributed by atoms with Crippen molar-refractivity contribution in [2.45, 2.75) is 39.8 Å². The topological polar surface area (TPSA) is 18.5 Å². The van der Waals surface area contributed by atoms with Crippen molar-refractivity contribution in [3.63, 3.8) is 0 Å². The fraction of sp³-hybridized carbons (Fsp3) is 0.250. The van der Waals surface area contributed by atoms with E-state index in [-0.39, 0.29) is 12.1 Å². The van der Waals surface area contributed by atoms with E-state index in [1.54, 1.807) is 0 Å². The predicted octanol–water partition coefficient (Wildman–Crippen LogP) is 7.41. The summed E-state index contributed by atoms with van der Waals surface area (Å²) in [6.45, 7) is 10.6. The highest BCUT2D eigenvalue weighted by Gasteiger charge is 2.23. The molecule has 0 amide bonds. The van der Waals surface area contributed by atoms with Crippen LogP contribution in [0, 0.1) is 20.8 Å². The van der Waals surface area contributed by atoms with Crippen LogP contribution in [0.4, 0.5) is 5.69 Å². The molecule has 0 fully saturated rings. The van der Waals surface area contributed by atoms with Crippen LogP contribution < -0.4 is 10.2 Å². The SMILES string of the molecule is Cc1cc(C)c(N2C=CN(C[C@@H](N[C@@H](C)c3cccc4ccccc34)c3ccccc3)C2)c(C)c1. The van der Waals surface area contributed by atoms with Crippen molar-refractivity contribution >= 4 is 16.5 Å². The first-order valence-corrected chi connectivity index (χ1v) is 12.5. The van der Waals surface area contributed by atoms with Gasteiger partial charge in [-0.05, 0) is 60.7 Å². The highest BCUT2D eigenvalue weighted by atomic mass is 15.3. The Morgan fingerprint density at radius 1 is 0.800 bits per heavy atom. The fourth-order valence-electron chi connectivity index (χ4n) is 5.55. The summed E-state index contributed by atoms with van der Waals surface area (Å²) in [6.07, 6.45) is 4.46. The summed E-state index contributed by atoms with van der Waals surface area (Å²) >= 11 is 0. The third kappa shape index (κ3) is 4.96. The molecular weight excluding hydrogens is 426 g/mol. The van der Waals surface area contributed by atoms with Crippen molar-refractivity contribution in [1.82, 2.24) is 10.2 Å². The van der Waals surface area contributed by atoms with Crippen molar-refractivity contribution < 1.29 is 0 Å². The third-order valence-electron chi connectivity index (χ3n) is 7.07. The number of nitrogens with one attached hydrogen (secondary N) is 1. The Bertz CT molecular complexity index is 1310. The van der Waals surface area contributed by atoms with Crippen molar-refractivity contribution in [2.75, 3.05) is 18.1 Å². The van der Waals surface area contributed by atoms with Gasteiger partial charge in [-0.2, -0.15) is 0 Å². The van der Waals surface area contributed by atoms with E-state index in [9.17, 15) is 0 Å². The lowest BCUT2D eigenvalue weighted by molar-refractivity contribution is 0.326. The van der Waals surface area contributed by atoms with Gasteiger partial charge in [0.25, 0.3) is 0 Å². The molecule has 1 aliphatic rings. The van der Waals surface area contributed by atoms with Gasteiger partial charge in [-0.25, -0.2) is 0 Å². The number of aryl methyl sites for hydroxylation is 3. The first-order valence-electron chi connectivity index (χ1n) is 12.5. The Morgan fingerprint density at radius 3 is 2.26 bits per heavy atom. The van der Waals surface area contributed by atoms with Crippen LogP contribution in [0.25, 0.3) is 10.8 Å². The van der Waals surface area contributed by atoms with Crippen LogP contribution >= 0.6 is 0 Å². The summed E-state index contributed by atoms with van der Waals surface area (Å²) in [5, 5.41) is 6.57. The van der Waals surface area contributed by atoms with Gasteiger partial charge in [0.05, 0.1) is 12.7 Å². The maximum Gasteiger partial charge on any atom is 0.0942 e. The molecule has 4 aromatic rings. The molecule has 0 saturated carbocycles. The number of hydrogen-bond acceptors (Lipinski definition) is 3. The van der Waals surface area contributed by atoms with Crippen LogP contribution in [0.2, 0.25) is 0 Å². The summed E-state index contributed by atoms with van der Waals surface area (Å²) < 4.78 is 0. The molecule has 35 heavy (non-hydrogen) atoms. The van der Waals surface area contributed by atoms with Crippen LogP contribution in [-0.2, 0) is 0 Å². The molecule has 1 N–H and O–H groups in total. The minimum atomic E-state index is 0.204. The molecule has 1 aliphatic heterocycles. The molecule has 4 aromatic carbocycles. The highest BCUT2D eigenvalue weighted by molar-refractivity contribution is 5.86. The number of rotatable bonds is 7. The van der Waals surface area contributed by atoms with E-state index in [0.29, 0.717) is 0 Å². The Morgan fingerprint density at radius 2 is 1.49 bits per heavy atom. The zero-order valence-corrected chi connectivity index (χ0v) is 21.2. The zero-order chi connectivity index (χ0) is 24.4. The second-order valence-electron chi connectivity index (χ2n) is 9.85. The number of anilines is 1. The minimum Gasteiger partial charge on any atom is -0.356 e. The van der Waals surface area contributed by atoms with E-state index in [0.717, 1.165) is 13.2 Å². The second kappa shape index (κ2) is 9.97. The molecule has 0 unspecified atom stereocenters. The molecule has 0 spiro atoms. The normalized spacial score (nSPS) is 15.1. The number of benzene rings is 4. The first kappa shape index (κ1) is 23.2. The standard InChI is InChI=1S/C32H35N3/c1-23-19-24(2)32(25(3)20-23)35-18-17-34(22-35)21-31(28-12-6-5-7-13-28)33-26(4)29-16-10-14-27-11-8-9-15-30(27)29/h5-20,26,31,33H,21-22H2,1-4H3/t26-,31+/m0/s1. The number of hydrogen-bond donors (Lipinski definition) is 1. The van der Waals surface area contributed by atoms with Crippen molar-refractivity contribution in [3.05, 3.63) is 125 Å². The van der Waals surface area contributed by atoms with Crippen LogP contribution in [0.1, 0.15) is 46.8 Å². The van der Waals surface area contributed by atoms with Gasteiger partial charge in [0, 0.05) is 30.7 Å². The van der Waals surface area contributed by atoms with E-state index in [1.807, 2.05) is 0 Å². The average Bonchev–Trinajstić information content (AvgIpc) is 3.31. The Hall–Kier alpha value is -3.56. The molecule has 1 heterocycles. The lowest BCUT2D eigenvalue weighted by Crippen LogP contribution is -2.36. The van der Waals surface area contributed by atoms with E-state index >= 15 is 0 Å². The quantitative estimate of drug-likeness (QED) is 0.309. The van der Waals surface area contributed by atoms with E-state index in [4.69, 9.17) is 0 Å². The fourth-order valence-corrected chi connectivity index (χ4v) is 5.55. The molecule has 3 heteroatoms. The summed E-state index contributed by atoms with van der Waals surface area (Å²) in [5.74, 6) is 0. The Balaban J connectivity index is 1.37. The van der Waals surface area contributed by atoms with Crippen LogP contribution in [0.3, 0.4) is 0 Å². The van der Waals surface area contributed by atoms with Gasteiger partial charge in [-0.3, -0.25) is 0 Å². The number of nitrogens with zero attached hydrogens (tertiary/aromatic N) is 2. The van der Waals surface area contributed by atoms with Gasteiger partial charge in [0.2, 0.25) is 0 Å². The van der Waals surface area contributed by atoms with Gasteiger partial charge >= 0.3 is 0 Å². The average molecular weight is 462 g/mol. The molecule has 0 radical (unpaired) electrons. The third-order valence-corrected chi connectivity index (χ3v) is 7.07.